The Morgan fingerprint density at radius 2 is 1.69 bits per heavy atom. The highest BCUT2D eigenvalue weighted by Crippen LogP contribution is 2.42. The van der Waals surface area contributed by atoms with Crippen molar-refractivity contribution in [1.29, 1.82) is 5.41 Å². The van der Waals surface area contributed by atoms with E-state index in [2.05, 4.69) is 15.4 Å². The van der Waals surface area contributed by atoms with Gasteiger partial charge in [0.1, 0.15) is 23.0 Å². The highest BCUT2D eigenvalue weighted by atomic mass is 32.2. The molecule has 0 radical (unpaired) electrons. The minimum Gasteiger partial charge on any atom is -0.487 e. The molecule has 4 aromatic rings. The first kappa shape index (κ1) is 37.8. The molecule has 0 unspecified atom stereocenters. The fourth-order valence-electron chi connectivity index (χ4n) is 6.50. The highest BCUT2D eigenvalue weighted by Gasteiger charge is 2.34. The third-order valence-electron chi connectivity index (χ3n) is 9.40. The van der Waals surface area contributed by atoms with Crippen LogP contribution < -0.4 is 25.7 Å². The van der Waals surface area contributed by atoms with Gasteiger partial charge in [0, 0.05) is 12.7 Å². The molecule has 1 aliphatic heterocycles. The van der Waals surface area contributed by atoms with Gasteiger partial charge in [-0.3, -0.25) is 15.0 Å². The fourth-order valence-corrected chi connectivity index (χ4v) is 8.02. The molecule has 1 aromatic heterocycles. The summed E-state index contributed by atoms with van der Waals surface area (Å²) < 4.78 is 36.8. The lowest BCUT2D eigenvalue weighted by Gasteiger charge is -2.35. The second-order valence-electron chi connectivity index (χ2n) is 13.7. The Hall–Kier alpha value is -5.43. The summed E-state index contributed by atoms with van der Waals surface area (Å²) in [5.74, 6) is -1.87. The maximum absolute atomic E-state index is 13.5. The molecular formula is C39H45N5O7S. The molecule has 3 aromatic carbocycles. The number of carbonyl (C=O) groups excluding carboxylic acids is 1. The molecule has 13 heteroatoms. The van der Waals surface area contributed by atoms with Gasteiger partial charge < -0.3 is 25.0 Å². The number of amides is 1. The number of carboxylic acid groups (broad SMARTS) is 1. The lowest BCUT2D eigenvalue weighted by molar-refractivity contribution is -0.139. The molecule has 2 heterocycles. The molecule has 1 aliphatic rings. The Balaban J connectivity index is 1.17. The number of nitrogens with zero attached hydrogens (tertiary/aromatic N) is 1. The maximum atomic E-state index is 13.5. The van der Waals surface area contributed by atoms with Crippen LogP contribution in [0.3, 0.4) is 0 Å². The second kappa shape index (κ2) is 15.4. The van der Waals surface area contributed by atoms with Crippen LogP contribution in [0.25, 0.3) is 11.1 Å². The minimum atomic E-state index is -4.14. The number of rotatable bonds is 12. The molecule has 0 spiro atoms. The number of carboxylic acids is 1. The predicted octanol–water partition coefficient (Wildman–Crippen LogP) is 5.06. The second-order valence-corrected chi connectivity index (χ2v) is 15.3. The van der Waals surface area contributed by atoms with E-state index >= 15 is 0 Å². The van der Waals surface area contributed by atoms with Gasteiger partial charge in [0.15, 0.2) is 0 Å². The van der Waals surface area contributed by atoms with Crippen molar-refractivity contribution in [2.45, 2.75) is 83.4 Å². The van der Waals surface area contributed by atoms with Crippen molar-refractivity contribution in [2.75, 3.05) is 6.54 Å². The summed E-state index contributed by atoms with van der Waals surface area (Å²) in [6.45, 7) is 9.55. The summed E-state index contributed by atoms with van der Waals surface area (Å²) in [5, 5.41) is 23.2. The average Bonchev–Trinajstić information content (AvgIpc) is 3.09. The minimum absolute atomic E-state index is 0.0417. The van der Waals surface area contributed by atoms with Gasteiger partial charge in [0.05, 0.1) is 11.4 Å². The molecule has 5 N–H and O–H groups in total. The Morgan fingerprint density at radius 1 is 0.981 bits per heavy atom. The summed E-state index contributed by atoms with van der Waals surface area (Å²) >= 11 is 0. The van der Waals surface area contributed by atoms with Crippen LogP contribution in [-0.2, 0) is 27.8 Å². The van der Waals surface area contributed by atoms with Crippen LogP contribution in [0.5, 0.6) is 5.75 Å². The Labute approximate surface area is 303 Å². The molecule has 0 bridgehead atoms. The zero-order chi connectivity index (χ0) is 37.8. The monoisotopic (exact) mass is 727 g/mol. The summed E-state index contributed by atoms with van der Waals surface area (Å²) in [6.07, 6.45) is 3.10. The van der Waals surface area contributed by atoms with E-state index in [1.54, 1.807) is 26.1 Å². The van der Waals surface area contributed by atoms with Gasteiger partial charge in [0.2, 0.25) is 5.96 Å². The number of aliphatic carboxylic acids is 1. The smallest absolute Gasteiger partial charge is 0.326 e. The number of aromatic nitrogens is 1. The normalized spacial score (nSPS) is 14.0. The van der Waals surface area contributed by atoms with Crippen LogP contribution in [0.2, 0.25) is 0 Å². The number of guanidine groups is 1. The maximum Gasteiger partial charge on any atom is 0.326 e. The molecule has 0 aliphatic carbocycles. The van der Waals surface area contributed by atoms with Crippen molar-refractivity contribution in [3.63, 3.8) is 0 Å². The van der Waals surface area contributed by atoms with Crippen molar-refractivity contribution in [2.24, 2.45) is 0 Å². The van der Waals surface area contributed by atoms with Gasteiger partial charge in [0.25, 0.3) is 21.5 Å². The van der Waals surface area contributed by atoms with Crippen molar-refractivity contribution < 1.29 is 27.9 Å². The quantitative estimate of drug-likeness (QED) is 0.0764. The number of hydrogen-bond donors (Lipinski definition) is 5. The topological polar surface area (TPSA) is 180 Å². The number of sulfonamides is 1. The first-order valence-electron chi connectivity index (χ1n) is 17.1. The van der Waals surface area contributed by atoms with Crippen LogP contribution in [-0.4, -0.2) is 54.1 Å². The van der Waals surface area contributed by atoms with Crippen LogP contribution in [0.4, 0.5) is 0 Å². The number of fused-ring (bicyclic) bond motifs is 1. The molecule has 0 fully saturated rings. The van der Waals surface area contributed by atoms with E-state index < -0.39 is 39.5 Å². The number of nitrogens with one attached hydrogen (secondary N) is 4. The first-order valence-corrected chi connectivity index (χ1v) is 18.6. The van der Waals surface area contributed by atoms with E-state index in [1.165, 1.54) is 10.6 Å². The Kier molecular flexibility index (Phi) is 11.2. The number of ether oxygens (including phenoxy) is 1. The Bertz CT molecular complexity index is 2180. The Morgan fingerprint density at radius 3 is 2.40 bits per heavy atom. The SMILES string of the molecule is Cc1c(C)c(S(=O)(=O)NC(=N)NCCC[C@H](NC(=O)c2cccn(Cc3cccc(-c4ccccc4)c3)c2=O)C(=O)O)c(C)c2c1OC(C)(C)CC2. The van der Waals surface area contributed by atoms with Gasteiger partial charge in [-0.25, -0.2) is 17.9 Å². The lowest BCUT2D eigenvalue weighted by atomic mass is 9.88. The molecule has 52 heavy (non-hydrogen) atoms. The molecule has 1 amide bonds. The summed E-state index contributed by atoms with van der Waals surface area (Å²) in [4.78, 5) is 38.6. The van der Waals surface area contributed by atoms with Crippen molar-refractivity contribution in [3.8, 4) is 16.9 Å². The van der Waals surface area contributed by atoms with Gasteiger partial charge in [-0.2, -0.15) is 0 Å². The van der Waals surface area contributed by atoms with E-state index in [-0.39, 0.29) is 42.0 Å². The van der Waals surface area contributed by atoms with E-state index in [0.717, 1.165) is 34.2 Å². The lowest BCUT2D eigenvalue weighted by Crippen LogP contribution is -2.44. The molecule has 0 saturated heterocycles. The third-order valence-corrected chi connectivity index (χ3v) is 11.0. The van der Waals surface area contributed by atoms with E-state index in [1.807, 2.05) is 75.4 Å². The number of benzene rings is 3. The number of hydrogen-bond acceptors (Lipinski definition) is 7. The zero-order valence-electron chi connectivity index (χ0n) is 30.0. The summed E-state index contributed by atoms with van der Waals surface area (Å²) in [7, 11) is -4.14. The summed E-state index contributed by atoms with van der Waals surface area (Å²) in [6, 6.07) is 19.1. The van der Waals surface area contributed by atoms with Crippen LogP contribution in [0.15, 0.2) is 82.6 Å². The molecular weight excluding hydrogens is 683 g/mol. The zero-order valence-corrected chi connectivity index (χ0v) is 30.8. The molecule has 0 saturated carbocycles. The molecule has 1 atom stereocenters. The van der Waals surface area contributed by atoms with Crippen LogP contribution in [0.1, 0.15) is 71.3 Å². The standard InChI is InChI=1S/C39H45N5O7S/c1-24-25(2)34(26(3)30-18-19-39(4,5)51-33(24)30)52(49,50)43-38(40)41-20-10-17-32(37(47)48)42-35(45)31-16-11-21-44(36(31)46)23-27-12-9-15-29(22-27)28-13-7-6-8-14-28/h6-9,11-16,21-22,32H,10,17-20,23H2,1-5H3,(H,42,45)(H,47,48)(H3,40,41,43)/t32-/m0/s1. The summed E-state index contributed by atoms with van der Waals surface area (Å²) in [5.41, 5.74) is 4.45. The van der Waals surface area contributed by atoms with E-state index in [4.69, 9.17) is 10.1 Å². The van der Waals surface area contributed by atoms with Gasteiger partial charge in [-0.15, -0.1) is 0 Å². The van der Waals surface area contributed by atoms with Crippen molar-refractivity contribution in [1.82, 2.24) is 19.9 Å². The van der Waals surface area contributed by atoms with Gasteiger partial charge in [-0.05, 0) is 117 Å². The van der Waals surface area contributed by atoms with Gasteiger partial charge >= 0.3 is 5.97 Å². The first-order chi connectivity index (χ1) is 24.6. The largest absolute Gasteiger partial charge is 0.487 e. The number of pyridine rings is 1. The van der Waals surface area contributed by atoms with Crippen LogP contribution in [0, 0.1) is 26.2 Å². The average molecular weight is 728 g/mol. The van der Waals surface area contributed by atoms with Crippen molar-refractivity contribution >= 4 is 27.9 Å². The highest BCUT2D eigenvalue weighted by molar-refractivity contribution is 7.90. The fraction of sp³-hybridized carbons (Fsp3) is 0.333. The third kappa shape index (κ3) is 8.53. The van der Waals surface area contributed by atoms with Gasteiger partial charge in [-0.1, -0.05) is 48.5 Å². The molecule has 274 valence electrons. The van der Waals surface area contributed by atoms with E-state index in [0.29, 0.717) is 23.3 Å². The van der Waals surface area contributed by atoms with Crippen LogP contribution >= 0.6 is 0 Å². The molecule has 12 nitrogen and oxygen atoms in total. The van der Waals surface area contributed by atoms with Crippen molar-refractivity contribution in [3.05, 3.63) is 117 Å². The predicted molar refractivity (Wildman–Crippen MR) is 200 cm³/mol. The molecule has 5 rings (SSSR count). The number of carbonyl (C=O) groups is 2. The van der Waals surface area contributed by atoms with E-state index in [9.17, 15) is 27.9 Å².